The quantitative estimate of drug-likeness (QED) is 0.366. The van der Waals surface area contributed by atoms with Gasteiger partial charge in [0.25, 0.3) is 0 Å². The molecule has 0 amide bonds. The lowest BCUT2D eigenvalue weighted by Gasteiger charge is -2.18. The van der Waals surface area contributed by atoms with Crippen LogP contribution >= 0.6 is 0 Å². The molecule has 1 atom stereocenters. The number of fused-ring (bicyclic) bond motifs is 2. The van der Waals surface area contributed by atoms with Gasteiger partial charge >= 0.3 is 0 Å². The fraction of sp³-hybridized carbons (Fsp3) is 0.185. The van der Waals surface area contributed by atoms with Crippen molar-refractivity contribution in [2.75, 3.05) is 19.0 Å². The highest BCUT2D eigenvalue weighted by Crippen LogP contribution is 2.39. The van der Waals surface area contributed by atoms with Crippen LogP contribution in [-0.2, 0) is 6.42 Å². The van der Waals surface area contributed by atoms with E-state index in [9.17, 15) is 4.39 Å². The van der Waals surface area contributed by atoms with Gasteiger partial charge in [-0.3, -0.25) is 0 Å². The minimum absolute atomic E-state index is 0.0583. The Kier molecular flexibility index (Phi) is 5.33. The molecule has 0 fully saturated rings. The van der Waals surface area contributed by atoms with Crippen LogP contribution in [0.2, 0.25) is 0 Å². The Hall–Kier alpha value is -4.33. The van der Waals surface area contributed by atoms with E-state index in [1.165, 1.54) is 12.1 Å². The SMILES string of the molecule is CNc1nccc(-c2c(-c3ccc(F)cc3)nc3n2[C@H](COc2ccc4ccccc4n2)CC3)n1. The fourth-order valence-corrected chi connectivity index (χ4v) is 4.61. The van der Waals surface area contributed by atoms with Crippen LogP contribution in [0.4, 0.5) is 10.3 Å². The Morgan fingerprint density at radius 3 is 2.71 bits per heavy atom. The van der Waals surface area contributed by atoms with Crippen LogP contribution in [0.5, 0.6) is 5.88 Å². The number of benzene rings is 2. The Morgan fingerprint density at radius 1 is 1.00 bits per heavy atom. The van der Waals surface area contributed by atoms with Crippen molar-refractivity contribution >= 4 is 16.9 Å². The molecule has 7 nitrogen and oxygen atoms in total. The first-order valence-electron chi connectivity index (χ1n) is 11.6. The summed E-state index contributed by atoms with van der Waals surface area (Å²) in [5.74, 6) is 1.80. The summed E-state index contributed by atoms with van der Waals surface area (Å²) in [6.07, 6.45) is 3.44. The van der Waals surface area contributed by atoms with Gasteiger partial charge in [-0.05, 0) is 48.9 Å². The number of nitrogens with zero attached hydrogens (tertiary/aromatic N) is 5. The third kappa shape index (κ3) is 3.97. The van der Waals surface area contributed by atoms with E-state index in [0.717, 1.165) is 52.2 Å². The van der Waals surface area contributed by atoms with Crippen molar-refractivity contribution in [2.45, 2.75) is 18.9 Å². The maximum atomic E-state index is 13.6. The van der Waals surface area contributed by atoms with Crippen LogP contribution in [0.25, 0.3) is 33.5 Å². The van der Waals surface area contributed by atoms with Gasteiger partial charge in [-0.25, -0.2) is 24.3 Å². The first-order chi connectivity index (χ1) is 17.2. The third-order valence-corrected chi connectivity index (χ3v) is 6.29. The summed E-state index contributed by atoms with van der Waals surface area (Å²) in [6, 6.07) is 20.2. The molecule has 3 aromatic heterocycles. The molecule has 0 saturated carbocycles. The van der Waals surface area contributed by atoms with Crippen molar-refractivity contribution in [3.05, 3.63) is 84.6 Å². The van der Waals surface area contributed by atoms with E-state index in [0.29, 0.717) is 18.4 Å². The standard InChI is InChI=1S/C27H23FN6O/c1-29-27-30-15-14-22(32-27)26-25(18-6-9-19(28)10-7-18)33-23-12-11-20(34(23)26)16-35-24-13-8-17-4-2-3-5-21(17)31-24/h2-10,13-15,20H,11-12,16H2,1H3,(H,29,30,32)/t20-/m0/s1. The molecule has 2 aromatic carbocycles. The maximum absolute atomic E-state index is 13.6. The minimum Gasteiger partial charge on any atom is -0.475 e. The zero-order valence-corrected chi connectivity index (χ0v) is 19.1. The van der Waals surface area contributed by atoms with Crippen molar-refractivity contribution in [2.24, 2.45) is 0 Å². The molecular formula is C27H23FN6O. The largest absolute Gasteiger partial charge is 0.475 e. The first kappa shape index (κ1) is 21.2. The highest BCUT2D eigenvalue weighted by Gasteiger charge is 2.31. The van der Waals surface area contributed by atoms with E-state index >= 15 is 0 Å². The second-order valence-corrected chi connectivity index (χ2v) is 8.46. The Bertz CT molecular complexity index is 1510. The average Bonchev–Trinajstić information content (AvgIpc) is 3.47. The molecule has 0 aliphatic carbocycles. The first-order valence-corrected chi connectivity index (χ1v) is 11.6. The molecule has 0 radical (unpaired) electrons. The highest BCUT2D eigenvalue weighted by molar-refractivity contribution is 5.79. The van der Waals surface area contributed by atoms with Crippen LogP contribution in [0, 0.1) is 5.82 Å². The van der Waals surface area contributed by atoms with Crippen LogP contribution in [0.15, 0.2) is 72.9 Å². The van der Waals surface area contributed by atoms with E-state index in [-0.39, 0.29) is 11.9 Å². The van der Waals surface area contributed by atoms with Crippen LogP contribution in [0.3, 0.4) is 0 Å². The Morgan fingerprint density at radius 2 is 1.86 bits per heavy atom. The van der Waals surface area contributed by atoms with Gasteiger partial charge in [-0.15, -0.1) is 0 Å². The molecule has 1 N–H and O–H groups in total. The second kappa shape index (κ2) is 8.79. The van der Waals surface area contributed by atoms with E-state index in [1.807, 2.05) is 42.5 Å². The summed E-state index contributed by atoms with van der Waals surface area (Å²) in [4.78, 5) is 18.6. The molecule has 6 rings (SSSR count). The molecule has 35 heavy (non-hydrogen) atoms. The summed E-state index contributed by atoms with van der Waals surface area (Å²) in [6.45, 7) is 0.453. The summed E-state index contributed by atoms with van der Waals surface area (Å²) < 4.78 is 22.0. The topological polar surface area (TPSA) is 77.8 Å². The molecule has 0 unspecified atom stereocenters. The van der Waals surface area contributed by atoms with Crippen LogP contribution in [0.1, 0.15) is 18.3 Å². The lowest BCUT2D eigenvalue weighted by atomic mass is 10.1. The van der Waals surface area contributed by atoms with Gasteiger partial charge in [0, 0.05) is 36.7 Å². The van der Waals surface area contributed by atoms with Crippen molar-refractivity contribution in [3.63, 3.8) is 0 Å². The van der Waals surface area contributed by atoms with Gasteiger partial charge in [0.2, 0.25) is 11.8 Å². The Balaban J connectivity index is 1.38. The zero-order chi connectivity index (χ0) is 23.8. The molecule has 1 aliphatic rings. The number of hydrogen-bond donors (Lipinski definition) is 1. The molecular weight excluding hydrogens is 443 g/mol. The number of hydrogen-bond acceptors (Lipinski definition) is 6. The third-order valence-electron chi connectivity index (χ3n) is 6.29. The van der Waals surface area contributed by atoms with Crippen LogP contribution < -0.4 is 10.1 Å². The molecule has 5 aromatic rings. The van der Waals surface area contributed by atoms with E-state index in [1.54, 1.807) is 25.4 Å². The predicted molar refractivity (Wildman–Crippen MR) is 133 cm³/mol. The molecule has 1 aliphatic heterocycles. The smallest absolute Gasteiger partial charge is 0.222 e. The minimum atomic E-state index is -0.282. The van der Waals surface area contributed by atoms with Crippen molar-refractivity contribution in [1.29, 1.82) is 0 Å². The highest BCUT2D eigenvalue weighted by atomic mass is 19.1. The lowest BCUT2D eigenvalue weighted by molar-refractivity contribution is 0.248. The summed E-state index contributed by atoms with van der Waals surface area (Å²) in [5, 5.41) is 4.08. The van der Waals surface area contributed by atoms with Gasteiger partial charge in [-0.2, -0.15) is 0 Å². The molecule has 0 bridgehead atoms. The fourth-order valence-electron chi connectivity index (χ4n) is 4.61. The summed E-state index contributed by atoms with van der Waals surface area (Å²) in [7, 11) is 1.79. The van der Waals surface area contributed by atoms with E-state index in [2.05, 4.69) is 19.9 Å². The molecule has 0 saturated heterocycles. The predicted octanol–water partition coefficient (Wildman–Crippen LogP) is 5.30. The normalized spacial score (nSPS) is 14.7. The van der Waals surface area contributed by atoms with Crippen molar-refractivity contribution < 1.29 is 9.13 Å². The van der Waals surface area contributed by atoms with Crippen molar-refractivity contribution in [1.82, 2.24) is 24.5 Å². The van der Waals surface area contributed by atoms with Crippen molar-refractivity contribution in [3.8, 4) is 28.5 Å². The number of halogens is 1. The van der Waals surface area contributed by atoms with Gasteiger partial charge in [0.15, 0.2) is 0 Å². The van der Waals surface area contributed by atoms with E-state index < -0.39 is 0 Å². The number of imidazole rings is 1. The summed E-state index contributed by atoms with van der Waals surface area (Å²) in [5.41, 5.74) is 4.14. The molecule has 0 spiro atoms. The van der Waals surface area contributed by atoms with Gasteiger partial charge in [0.05, 0.1) is 28.6 Å². The van der Waals surface area contributed by atoms with E-state index in [4.69, 9.17) is 14.7 Å². The molecule has 174 valence electrons. The number of aromatic nitrogens is 5. The number of ether oxygens (including phenoxy) is 1. The number of pyridine rings is 1. The number of aryl methyl sites for hydroxylation is 1. The number of anilines is 1. The average molecular weight is 467 g/mol. The Labute approximate surface area is 201 Å². The van der Waals surface area contributed by atoms with Gasteiger partial charge < -0.3 is 14.6 Å². The van der Waals surface area contributed by atoms with Gasteiger partial charge in [0.1, 0.15) is 18.2 Å². The lowest BCUT2D eigenvalue weighted by Crippen LogP contribution is -2.15. The number of para-hydroxylation sites is 1. The molecule has 4 heterocycles. The second-order valence-electron chi connectivity index (χ2n) is 8.46. The zero-order valence-electron chi connectivity index (χ0n) is 19.1. The maximum Gasteiger partial charge on any atom is 0.222 e. The number of nitrogens with one attached hydrogen (secondary N) is 1. The monoisotopic (exact) mass is 466 g/mol. The summed E-state index contributed by atoms with van der Waals surface area (Å²) >= 11 is 0. The van der Waals surface area contributed by atoms with Gasteiger partial charge in [-0.1, -0.05) is 18.2 Å². The van der Waals surface area contributed by atoms with Crippen LogP contribution in [-0.4, -0.2) is 38.2 Å². The molecule has 8 heteroatoms. The number of rotatable bonds is 6.